The van der Waals surface area contributed by atoms with Crippen LogP contribution in [0.1, 0.15) is 5.56 Å². The minimum atomic E-state index is -0.323. The van der Waals surface area contributed by atoms with Crippen LogP contribution in [0.15, 0.2) is 40.9 Å². The molecule has 2 aromatic rings. The Hall–Kier alpha value is -1.26. The Labute approximate surface area is 124 Å². The summed E-state index contributed by atoms with van der Waals surface area (Å²) in [5.74, 6) is 0.157. The van der Waals surface area contributed by atoms with Crippen LogP contribution in [0.25, 0.3) is 0 Å². The quantitative estimate of drug-likeness (QED) is 0.855. The Kier molecular flexibility index (Phi) is 4.66. The fraction of sp³-hybridized carbons (Fsp3) is 0.143. The molecule has 0 heterocycles. The topological polar surface area (TPSA) is 21.3 Å². The molecular weight excluding hydrogens is 333 g/mol. The maximum absolute atomic E-state index is 13.1. The molecule has 5 heteroatoms. The number of anilines is 1. The van der Waals surface area contributed by atoms with Gasteiger partial charge in [-0.2, -0.15) is 0 Å². The van der Waals surface area contributed by atoms with Crippen molar-refractivity contribution in [3.8, 4) is 5.75 Å². The average molecular weight is 345 g/mol. The second kappa shape index (κ2) is 6.26. The number of rotatable bonds is 4. The summed E-state index contributed by atoms with van der Waals surface area (Å²) in [5, 5.41) is 3.87. The van der Waals surface area contributed by atoms with Crippen LogP contribution in [0.4, 0.5) is 10.1 Å². The highest BCUT2D eigenvalue weighted by atomic mass is 79.9. The molecule has 0 bridgehead atoms. The van der Waals surface area contributed by atoms with E-state index in [-0.39, 0.29) is 5.82 Å². The van der Waals surface area contributed by atoms with Gasteiger partial charge >= 0.3 is 0 Å². The Morgan fingerprint density at radius 3 is 2.74 bits per heavy atom. The van der Waals surface area contributed by atoms with Crippen molar-refractivity contribution in [2.75, 3.05) is 12.4 Å². The summed E-state index contributed by atoms with van der Waals surface area (Å²) in [6.07, 6.45) is 0. The number of ether oxygens (including phenoxy) is 1. The van der Waals surface area contributed by atoms with Crippen molar-refractivity contribution in [3.05, 3.63) is 57.3 Å². The average Bonchev–Trinajstić information content (AvgIpc) is 2.41. The summed E-state index contributed by atoms with van der Waals surface area (Å²) in [5.41, 5.74) is 1.80. The second-order valence-corrected chi connectivity index (χ2v) is 5.21. The molecule has 0 amide bonds. The lowest BCUT2D eigenvalue weighted by atomic mass is 10.2. The van der Waals surface area contributed by atoms with Gasteiger partial charge in [0.15, 0.2) is 0 Å². The van der Waals surface area contributed by atoms with Crippen LogP contribution in [0.3, 0.4) is 0 Å². The van der Waals surface area contributed by atoms with Gasteiger partial charge in [-0.05, 0) is 45.8 Å². The van der Waals surface area contributed by atoms with Gasteiger partial charge in [0.2, 0.25) is 0 Å². The summed E-state index contributed by atoms with van der Waals surface area (Å²) in [7, 11) is 1.51. The first kappa shape index (κ1) is 14.2. The van der Waals surface area contributed by atoms with Gasteiger partial charge in [-0.15, -0.1) is 0 Å². The van der Waals surface area contributed by atoms with Crippen LogP contribution in [0.5, 0.6) is 5.75 Å². The van der Waals surface area contributed by atoms with Crippen molar-refractivity contribution in [1.82, 2.24) is 0 Å². The molecule has 0 fully saturated rings. The molecule has 0 unspecified atom stereocenters. The number of halogens is 3. The predicted molar refractivity (Wildman–Crippen MR) is 79.4 cm³/mol. The van der Waals surface area contributed by atoms with Crippen molar-refractivity contribution in [3.63, 3.8) is 0 Å². The van der Waals surface area contributed by atoms with Crippen LogP contribution < -0.4 is 10.1 Å². The van der Waals surface area contributed by atoms with Crippen LogP contribution in [0.2, 0.25) is 5.02 Å². The van der Waals surface area contributed by atoms with Gasteiger partial charge in [0.05, 0.1) is 17.8 Å². The highest BCUT2D eigenvalue weighted by molar-refractivity contribution is 9.10. The molecule has 0 radical (unpaired) electrons. The normalized spacial score (nSPS) is 10.3. The van der Waals surface area contributed by atoms with E-state index < -0.39 is 0 Å². The number of hydrogen-bond acceptors (Lipinski definition) is 2. The molecule has 0 spiro atoms. The van der Waals surface area contributed by atoms with E-state index in [0.29, 0.717) is 17.3 Å². The molecular formula is C14H12BrClFNO. The summed E-state index contributed by atoms with van der Waals surface area (Å²) >= 11 is 9.31. The van der Waals surface area contributed by atoms with E-state index in [4.69, 9.17) is 16.3 Å². The van der Waals surface area contributed by atoms with Gasteiger partial charge in [0, 0.05) is 17.1 Å². The number of hydrogen-bond donors (Lipinski definition) is 1. The molecule has 0 atom stereocenters. The van der Waals surface area contributed by atoms with E-state index >= 15 is 0 Å². The van der Waals surface area contributed by atoms with Crippen molar-refractivity contribution in [2.45, 2.75) is 6.54 Å². The zero-order chi connectivity index (χ0) is 13.8. The standard InChI is InChI=1S/C14H12BrClFNO/c1-19-14-7-10(17)3-5-13(14)18-8-9-2-4-12(16)11(15)6-9/h2-7,18H,8H2,1H3. The first-order valence-corrected chi connectivity index (χ1v) is 6.78. The molecule has 100 valence electrons. The zero-order valence-electron chi connectivity index (χ0n) is 10.2. The SMILES string of the molecule is COc1cc(F)ccc1NCc1ccc(Cl)c(Br)c1. The van der Waals surface area contributed by atoms with E-state index in [9.17, 15) is 4.39 Å². The summed E-state index contributed by atoms with van der Waals surface area (Å²) in [4.78, 5) is 0. The van der Waals surface area contributed by atoms with Gasteiger partial charge in [0.25, 0.3) is 0 Å². The Balaban J connectivity index is 2.12. The van der Waals surface area contributed by atoms with Crippen LogP contribution >= 0.6 is 27.5 Å². The van der Waals surface area contributed by atoms with Gasteiger partial charge in [-0.3, -0.25) is 0 Å². The Bertz CT molecular complexity index is 592. The van der Waals surface area contributed by atoms with Crippen LogP contribution in [-0.4, -0.2) is 7.11 Å². The van der Waals surface area contributed by atoms with Gasteiger partial charge in [-0.1, -0.05) is 17.7 Å². The van der Waals surface area contributed by atoms with Gasteiger partial charge in [0.1, 0.15) is 11.6 Å². The second-order valence-electron chi connectivity index (χ2n) is 3.95. The number of nitrogens with one attached hydrogen (secondary N) is 1. The third kappa shape index (κ3) is 3.61. The molecule has 2 nitrogen and oxygen atoms in total. The van der Waals surface area contributed by atoms with Gasteiger partial charge in [-0.25, -0.2) is 4.39 Å². The smallest absolute Gasteiger partial charge is 0.144 e. The van der Waals surface area contributed by atoms with E-state index in [1.54, 1.807) is 6.07 Å². The zero-order valence-corrected chi connectivity index (χ0v) is 12.6. The minimum Gasteiger partial charge on any atom is -0.494 e. The fourth-order valence-corrected chi connectivity index (χ4v) is 2.20. The van der Waals surface area contributed by atoms with Gasteiger partial charge < -0.3 is 10.1 Å². The van der Waals surface area contributed by atoms with Crippen LogP contribution in [0, 0.1) is 5.82 Å². The molecule has 0 saturated heterocycles. The first-order valence-electron chi connectivity index (χ1n) is 5.61. The van der Waals surface area contributed by atoms with Crippen molar-refractivity contribution in [2.24, 2.45) is 0 Å². The third-order valence-electron chi connectivity index (χ3n) is 2.63. The number of benzene rings is 2. The molecule has 1 N–H and O–H groups in total. The van der Waals surface area contributed by atoms with Crippen molar-refractivity contribution < 1.29 is 9.13 Å². The Morgan fingerprint density at radius 2 is 2.05 bits per heavy atom. The van der Waals surface area contributed by atoms with E-state index in [1.807, 2.05) is 18.2 Å². The monoisotopic (exact) mass is 343 g/mol. The van der Waals surface area contributed by atoms with E-state index in [1.165, 1.54) is 19.2 Å². The summed E-state index contributed by atoms with van der Waals surface area (Å²) < 4.78 is 19.0. The summed E-state index contributed by atoms with van der Waals surface area (Å²) in [6, 6.07) is 10.1. The minimum absolute atomic E-state index is 0.323. The molecule has 2 aromatic carbocycles. The molecule has 0 aliphatic heterocycles. The third-order valence-corrected chi connectivity index (χ3v) is 3.84. The maximum Gasteiger partial charge on any atom is 0.144 e. The molecule has 2 rings (SSSR count). The highest BCUT2D eigenvalue weighted by Crippen LogP contribution is 2.27. The molecule has 0 saturated carbocycles. The number of methoxy groups -OCH3 is 1. The van der Waals surface area contributed by atoms with Crippen LogP contribution in [-0.2, 0) is 6.54 Å². The lowest BCUT2D eigenvalue weighted by Crippen LogP contribution is -2.01. The maximum atomic E-state index is 13.1. The first-order chi connectivity index (χ1) is 9.10. The predicted octanol–water partition coefficient (Wildman–Crippen LogP) is 4.86. The highest BCUT2D eigenvalue weighted by Gasteiger charge is 2.05. The van der Waals surface area contributed by atoms with Crippen molar-refractivity contribution >= 4 is 33.2 Å². The Morgan fingerprint density at radius 1 is 1.26 bits per heavy atom. The van der Waals surface area contributed by atoms with E-state index in [2.05, 4.69) is 21.2 Å². The summed E-state index contributed by atoms with van der Waals surface area (Å²) in [6.45, 7) is 0.595. The lowest BCUT2D eigenvalue weighted by Gasteiger charge is -2.11. The molecule has 0 aliphatic carbocycles. The molecule has 0 aliphatic rings. The molecule has 19 heavy (non-hydrogen) atoms. The van der Waals surface area contributed by atoms with E-state index in [0.717, 1.165) is 15.7 Å². The lowest BCUT2D eigenvalue weighted by molar-refractivity contribution is 0.413. The van der Waals surface area contributed by atoms with Crippen molar-refractivity contribution in [1.29, 1.82) is 0 Å². The molecule has 0 aromatic heterocycles. The fourth-order valence-electron chi connectivity index (χ4n) is 1.66. The largest absolute Gasteiger partial charge is 0.494 e.